The van der Waals surface area contributed by atoms with Gasteiger partial charge in [-0.15, -0.1) is 0 Å². The van der Waals surface area contributed by atoms with Crippen molar-refractivity contribution < 1.29 is 14.0 Å². The van der Waals surface area contributed by atoms with E-state index in [1.165, 1.54) is 29.8 Å². The van der Waals surface area contributed by atoms with E-state index in [4.69, 9.17) is 0 Å². The fourth-order valence-electron chi connectivity index (χ4n) is 4.31. The maximum atomic E-state index is 13.4. The zero-order valence-electron chi connectivity index (χ0n) is 18.0. The van der Waals surface area contributed by atoms with Crippen molar-refractivity contribution >= 4 is 28.5 Å². The van der Waals surface area contributed by atoms with E-state index in [0.717, 1.165) is 29.6 Å². The topological polar surface area (TPSA) is 67.2 Å². The second-order valence-corrected chi connectivity index (χ2v) is 8.07. The highest BCUT2D eigenvalue weighted by Crippen LogP contribution is 2.27. The summed E-state index contributed by atoms with van der Waals surface area (Å²) in [5, 5.41) is 2.83. The van der Waals surface area contributed by atoms with Crippen molar-refractivity contribution in [2.75, 3.05) is 11.4 Å². The number of hydrogen-bond donors (Lipinski definition) is 1. The van der Waals surface area contributed by atoms with Gasteiger partial charge in [0.05, 0.1) is 17.6 Å². The van der Waals surface area contributed by atoms with E-state index in [0.29, 0.717) is 17.9 Å². The Labute approximate surface area is 190 Å². The standard InChI is InChI=1S/C26H23FN4O2/c27-20-13-11-19(12-14-20)26(33)28-16-24-29-21-8-2-4-10-23(21)31(24)17-25(32)30-15-5-7-18-6-1-3-9-22(18)30/h1-4,6,8-14H,5,7,15-17H2,(H,28,33). The second kappa shape index (κ2) is 8.86. The van der Waals surface area contributed by atoms with Gasteiger partial charge < -0.3 is 14.8 Å². The molecule has 0 saturated heterocycles. The van der Waals surface area contributed by atoms with E-state index >= 15 is 0 Å². The van der Waals surface area contributed by atoms with Crippen LogP contribution in [0.5, 0.6) is 0 Å². The van der Waals surface area contributed by atoms with Gasteiger partial charge in [-0.05, 0) is 60.9 Å². The number of fused-ring (bicyclic) bond motifs is 2. The van der Waals surface area contributed by atoms with Crippen molar-refractivity contribution in [2.45, 2.75) is 25.9 Å². The van der Waals surface area contributed by atoms with Crippen LogP contribution >= 0.6 is 0 Å². The molecule has 3 aromatic carbocycles. The van der Waals surface area contributed by atoms with Crippen LogP contribution in [0.25, 0.3) is 11.0 Å². The number of imidazole rings is 1. The van der Waals surface area contributed by atoms with Crippen molar-refractivity contribution in [2.24, 2.45) is 0 Å². The number of anilines is 1. The molecule has 1 N–H and O–H groups in total. The zero-order chi connectivity index (χ0) is 22.8. The van der Waals surface area contributed by atoms with Gasteiger partial charge in [-0.25, -0.2) is 9.37 Å². The Morgan fingerprint density at radius 2 is 1.73 bits per heavy atom. The van der Waals surface area contributed by atoms with Gasteiger partial charge in [-0.1, -0.05) is 30.3 Å². The molecule has 0 aliphatic carbocycles. The lowest BCUT2D eigenvalue weighted by Gasteiger charge is -2.29. The van der Waals surface area contributed by atoms with E-state index in [-0.39, 0.29) is 24.9 Å². The van der Waals surface area contributed by atoms with Gasteiger partial charge in [0.1, 0.15) is 18.2 Å². The first-order chi connectivity index (χ1) is 16.1. The Morgan fingerprint density at radius 1 is 0.970 bits per heavy atom. The number of nitrogens with zero attached hydrogens (tertiary/aromatic N) is 3. The number of rotatable bonds is 5. The fourth-order valence-corrected chi connectivity index (χ4v) is 4.31. The van der Waals surface area contributed by atoms with Crippen LogP contribution in [0.2, 0.25) is 0 Å². The zero-order valence-corrected chi connectivity index (χ0v) is 18.0. The molecule has 0 saturated carbocycles. The minimum absolute atomic E-state index is 0.0172. The number of nitrogens with one attached hydrogen (secondary N) is 1. The first-order valence-electron chi connectivity index (χ1n) is 11.0. The summed E-state index contributed by atoms with van der Waals surface area (Å²) in [7, 11) is 0. The molecule has 0 fully saturated rings. The van der Waals surface area contributed by atoms with Gasteiger partial charge in [-0.3, -0.25) is 9.59 Å². The normalized spacial score (nSPS) is 13.1. The second-order valence-electron chi connectivity index (χ2n) is 8.07. The van der Waals surface area contributed by atoms with E-state index in [1.54, 1.807) is 0 Å². The number of hydrogen-bond acceptors (Lipinski definition) is 3. The van der Waals surface area contributed by atoms with Crippen molar-refractivity contribution in [3.63, 3.8) is 0 Å². The largest absolute Gasteiger partial charge is 0.345 e. The number of carbonyl (C=O) groups excluding carboxylic acids is 2. The molecule has 0 bridgehead atoms. The van der Waals surface area contributed by atoms with Gasteiger partial charge in [0.15, 0.2) is 0 Å². The lowest BCUT2D eigenvalue weighted by atomic mass is 10.0. The Balaban J connectivity index is 1.40. The highest BCUT2D eigenvalue weighted by Gasteiger charge is 2.24. The predicted octanol–water partition coefficient (Wildman–Crippen LogP) is 4.08. The van der Waals surface area contributed by atoms with Crippen LogP contribution in [0.4, 0.5) is 10.1 Å². The summed E-state index contributed by atoms with van der Waals surface area (Å²) in [5.41, 5.74) is 4.10. The lowest BCUT2D eigenvalue weighted by molar-refractivity contribution is -0.119. The quantitative estimate of drug-likeness (QED) is 0.506. The van der Waals surface area contributed by atoms with Gasteiger partial charge in [0, 0.05) is 17.8 Å². The highest BCUT2D eigenvalue weighted by molar-refractivity contribution is 5.96. The smallest absolute Gasteiger partial charge is 0.251 e. The van der Waals surface area contributed by atoms with Crippen molar-refractivity contribution in [1.29, 1.82) is 0 Å². The summed E-state index contributed by atoms with van der Waals surface area (Å²) in [6, 6.07) is 21.0. The third kappa shape index (κ3) is 4.22. The molecule has 6 nitrogen and oxygen atoms in total. The number of aromatic nitrogens is 2. The number of amides is 2. The van der Waals surface area contributed by atoms with Crippen LogP contribution in [0, 0.1) is 5.82 Å². The molecule has 1 aliphatic heterocycles. The van der Waals surface area contributed by atoms with Crippen molar-refractivity contribution in [1.82, 2.24) is 14.9 Å². The molecule has 33 heavy (non-hydrogen) atoms. The molecule has 7 heteroatoms. The van der Waals surface area contributed by atoms with Gasteiger partial charge in [0.2, 0.25) is 5.91 Å². The minimum atomic E-state index is -0.397. The summed E-state index contributed by atoms with van der Waals surface area (Å²) in [4.78, 5) is 32.4. The number of carbonyl (C=O) groups is 2. The molecule has 0 spiro atoms. The number of halogens is 1. The van der Waals surface area contributed by atoms with E-state index in [1.807, 2.05) is 51.9 Å². The van der Waals surface area contributed by atoms with Crippen LogP contribution in [-0.4, -0.2) is 27.9 Å². The monoisotopic (exact) mass is 442 g/mol. The SMILES string of the molecule is O=C(NCc1nc2ccccc2n1CC(=O)N1CCCc2ccccc21)c1ccc(F)cc1. The van der Waals surface area contributed by atoms with Gasteiger partial charge >= 0.3 is 0 Å². The lowest BCUT2D eigenvalue weighted by Crippen LogP contribution is -2.38. The maximum Gasteiger partial charge on any atom is 0.251 e. The average Bonchev–Trinajstić information content (AvgIpc) is 3.19. The van der Waals surface area contributed by atoms with Crippen LogP contribution in [0.3, 0.4) is 0 Å². The Hall–Kier alpha value is -4.00. The van der Waals surface area contributed by atoms with Crippen molar-refractivity contribution in [3.05, 3.63) is 95.6 Å². The number of aryl methyl sites for hydroxylation is 1. The molecule has 166 valence electrons. The summed E-state index contributed by atoms with van der Waals surface area (Å²) in [5.74, 6) is -0.155. The first kappa shape index (κ1) is 20.9. The fraction of sp³-hybridized carbons (Fsp3) is 0.192. The van der Waals surface area contributed by atoms with Crippen LogP contribution in [0.15, 0.2) is 72.8 Å². The summed E-state index contributed by atoms with van der Waals surface area (Å²) in [6.07, 6.45) is 1.89. The molecule has 5 rings (SSSR count). The Kier molecular flexibility index (Phi) is 5.60. The molecule has 0 radical (unpaired) electrons. The predicted molar refractivity (Wildman–Crippen MR) is 124 cm³/mol. The Bertz CT molecular complexity index is 1330. The molecule has 1 aromatic heterocycles. The maximum absolute atomic E-state index is 13.4. The third-order valence-electron chi connectivity index (χ3n) is 5.95. The highest BCUT2D eigenvalue weighted by atomic mass is 19.1. The minimum Gasteiger partial charge on any atom is -0.345 e. The number of para-hydroxylation sites is 3. The summed E-state index contributed by atoms with van der Waals surface area (Å²) >= 11 is 0. The molecule has 4 aromatic rings. The number of benzene rings is 3. The molecule has 2 heterocycles. The van der Waals surface area contributed by atoms with E-state index in [2.05, 4.69) is 16.4 Å². The summed E-state index contributed by atoms with van der Waals surface area (Å²) in [6.45, 7) is 0.949. The van der Waals surface area contributed by atoms with Crippen molar-refractivity contribution in [3.8, 4) is 0 Å². The van der Waals surface area contributed by atoms with E-state index in [9.17, 15) is 14.0 Å². The van der Waals surface area contributed by atoms with Crippen LogP contribution in [-0.2, 0) is 24.3 Å². The van der Waals surface area contributed by atoms with E-state index < -0.39 is 5.82 Å². The molecule has 0 unspecified atom stereocenters. The molecule has 2 amide bonds. The van der Waals surface area contributed by atoms with Gasteiger partial charge in [-0.2, -0.15) is 0 Å². The third-order valence-corrected chi connectivity index (χ3v) is 5.95. The average molecular weight is 442 g/mol. The molecule has 1 aliphatic rings. The summed E-state index contributed by atoms with van der Waals surface area (Å²) < 4.78 is 15.0. The molecular formula is C26H23FN4O2. The molecular weight excluding hydrogens is 419 g/mol. The van der Waals surface area contributed by atoms with Crippen LogP contribution in [0.1, 0.15) is 28.2 Å². The first-order valence-corrected chi connectivity index (χ1v) is 11.0. The van der Waals surface area contributed by atoms with Crippen LogP contribution < -0.4 is 10.2 Å². The van der Waals surface area contributed by atoms with Gasteiger partial charge in [0.25, 0.3) is 5.91 Å². The molecule has 0 atom stereocenters. The Morgan fingerprint density at radius 3 is 2.58 bits per heavy atom.